The van der Waals surface area contributed by atoms with E-state index in [0.717, 1.165) is 6.42 Å². The first-order valence-corrected chi connectivity index (χ1v) is 5.62. The molecule has 0 spiro atoms. The highest BCUT2D eigenvalue weighted by Gasteiger charge is 2.17. The topological polar surface area (TPSA) is 57.6 Å². The molecule has 1 aromatic heterocycles. The van der Waals surface area contributed by atoms with Gasteiger partial charge in [-0.2, -0.15) is 11.3 Å². The van der Waals surface area contributed by atoms with Gasteiger partial charge >= 0.3 is 5.97 Å². The number of thiophene rings is 1. The lowest BCUT2D eigenvalue weighted by atomic mass is 10.2. The van der Waals surface area contributed by atoms with E-state index in [4.69, 9.17) is 5.11 Å². The summed E-state index contributed by atoms with van der Waals surface area (Å²) in [6, 6.07) is 1.71. The van der Waals surface area contributed by atoms with Crippen LogP contribution in [-0.2, 0) is 4.79 Å². The number of carbonyl (C=O) groups excluding carboxylic acids is 1. The highest BCUT2D eigenvalue weighted by atomic mass is 32.1. The van der Waals surface area contributed by atoms with E-state index in [0.29, 0.717) is 12.1 Å². The van der Waals surface area contributed by atoms with E-state index < -0.39 is 5.97 Å². The van der Waals surface area contributed by atoms with Crippen LogP contribution in [0.15, 0.2) is 16.8 Å². The third-order valence-corrected chi connectivity index (χ3v) is 2.56. The molecule has 1 amide bonds. The monoisotopic (exact) mass is 227 g/mol. The molecule has 0 saturated carbocycles. The Morgan fingerprint density at radius 1 is 1.53 bits per heavy atom. The summed E-state index contributed by atoms with van der Waals surface area (Å²) in [7, 11) is 0. The standard InChI is InChI=1S/C10H13NO3S/c1-2-4-11(6-9(12)13)10(14)8-3-5-15-7-8/h3,5,7H,2,4,6H2,1H3,(H,12,13). The molecule has 0 aliphatic carbocycles. The molecular weight excluding hydrogens is 214 g/mol. The Bertz CT molecular complexity index is 334. The van der Waals surface area contributed by atoms with Crippen LogP contribution in [0, 0.1) is 0 Å². The van der Waals surface area contributed by atoms with Gasteiger partial charge in [0.15, 0.2) is 0 Å². The van der Waals surface area contributed by atoms with Crippen LogP contribution in [0.2, 0.25) is 0 Å². The van der Waals surface area contributed by atoms with Crippen molar-refractivity contribution in [2.24, 2.45) is 0 Å². The number of aliphatic carboxylic acids is 1. The summed E-state index contributed by atoms with van der Waals surface area (Å²) in [5.74, 6) is -1.19. The van der Waals surface area contributed by atoms with E-state index in [1.54, 1.807) is 16.8 Å². The largest absolute Gasteiger partial charge is 0.480 e. The van der Waals surface area contributed by atoms with Gasteiger partial charge in [-0.3, -0.25) is 9.59 Å². The first kappa shape index (κ1) is 11.7. The van der Waals surface area contributed by atoms with Crippen LogP contribution < -0.4 is 0 Å². The highest BCUT2D eigenvalue weighted by Crippen LogP contribution is 2.09. The number of hydrogen-bond donors (Lipinski definition) is 1. The maximum atomic E-state index is 11.8. The molecule has 0 bridgehead atoms. The molecule has 0 aliphatic rings. The van der Waals surface area contributed by atoms with Crippen molar-refractivity contribution >= 4 is 23.2 Å². The zero-order valence-corrected chi connectivity index (χ0v) is 9.29. The predicted octanol–water partition coefficient (Wildman–Crippen LogP) is 1.68. The summed E-state index contributed by atoms with van der Waals surface area (Å²) >= 11 is 1.43. The first-order chi connectivity index (χ1) is 7.15. The molecule has 0 unspecified atom stereocenters. The summed E-state index contributed by atoms with van der Waals surface area (Å²) in [6.07, 6.45) is 0.753. The molecule has 0 saturated heterocycles. The molecule has 82 valence electrons. The van der Waals surface area contributed by atoms with E-state index in [2.05, 4.69) is 0 Å². The number of rotatable bonds is 5. The highest BCUT2D eigenvalue weighted by molar-refractivity contribution is 7.08. The van der Waals surface area contributed by atoms with Crippen molar-refractivity contribution in [3.05, 3.63) is 22.4 Å². The van der Waals surface area contributed by atoms with Gasteiger partial charge in [0.2, 0.25) is 0 Å². The molecule has 0 aromatic carbocycles. The van der Waals surface area contributed by atoms with Crippen molar-refractivity contribution in [1.29, 1.82) is 0 Å². The van der Waals surface area contributed by atoms with Crippen LogP contribution in [0.1, 0.15) is 23.7 Å². The van der Waals surface area contributed by atoms with Gasteiger partial charge in [0, 0.05) is 11.9 Å². The summed E-state index contributed by atoms with van der Waals surface area (Å²) in [4.78, 5) is 23.7. The van der Waals surface area contributed by atoms with Crippen LogP contribution in [0.5, 0.6) is 0 Å². The average molecular weight is 227 g/mol. The molecule has 0 atom stereocenters. The van der Waals surface area contributed by atoms with E-state index in [1.165, 1.54) is 16.2 Å². The molecule has 1 heterocycles. The molecule has 0 aliphatic heterocycles. The van der Waals surface area contributed by atoms with E-state index in [1.807, 2.05) is 6.92 Å². The molecule has 15 heavy (non-hydrogen) atoms. The van der Waals surface area contributed by atoms with Crippen molar-refractivity contribution in [1.82, 2.24) is 4.90 Å². The van der Waals surface area contributed by atoms with Gasteiger partial charge in [-0.05, 0) is 17.9 Å². The Labute approximate surface area is 92.1 Å². The van der Waals surface area contributed by atoms with Crippen molar-refractivity contribution < 1.29 is 14.7 Å². The maximum absolute atomic E-state index is 11.8. The summed E-state index contributed by atoms with van der Waals surface area (Å²) in [5, 5.41) is 12.2. The SMILES string of the molecule is CCCN(CC(=O)O)C(=O)c1ccsc1. The zero-order valence-electron chi connectivity index (χ0n) is 8.47. The zero-order chi connectivity index (χ0) is 11.3. The molecule has 1 rings (SSSR count). The van der Waals surface area contributed by atoms with Gasteiger partial charge in [-0.25, -0.2) is 0 Å². The molecule has 1 N–H and O–H groups in total. The molecular formula is C10H13NO3S. The molecule has 5 heteroatoms. The lowest BCUT2D eigenvalue weighted by Gasteiger charge is -2.19. The van der Waals surface area contributed by atoms with Crippen molar-refractivity contribution in [2.75, 3.05) is 13.1 Å². The van der Waals surface area contributed by atoms with Crippen LogP contribution in [0.3, 0.4) is 0 Å². The fourth-order valence-corrected chi connectivity index (χ4v) is 1.88. The molecule has 0 fully saturated rings. The average Bonchev–Trinajstić information content (AvgIpc) is 2.68. The van der Waals surface area contributed by atoms with Crippen molar-refractivity contribution in [3.8, 4) is 0 Å². The number of amides is 1. The van der Waals surface area contributed by atoms with Crippen molar-refractivity contribution in [2.45, 2.75) is 13.3 Å². The minimum Gasteiger partial charge on any atom is -0.480 e. The molecule has 0 radical (unpaired) electrons. The molecule has 1 aromatic rings. The third kappa shape index (κ3) is 3.36. The van der Waals surface area contributed by atoms with Crippen LogP contribution in [-0.4, -0.2) is 35.0 Å². The normalized spacial score (nSPS) is 9.93. The lowest BCUT2D eigenvalue weighted by molar-refractivity contribution is -0.137. The van der Waals surface area contributed by atoms with Gasteiger partial charge in [-0.15, -0.1) is 0 Å². The minimum absolute atomic E-state index is 0.208. The van der Waals surface area contributed by atoms with E-state index >= 15 is 0 Å². The third-order valence-electron chi connectivity index (χ3n) is 1.87. The number of nitrogens with zero attached hydrogens (tertiary/aromatic N) is 1. The number of carbonyl (C=O) groups is 2. The quantitative estimate of drug-likeness (QED) is 0.832. The van der Waals surface area contributed by atoms with Gasteiger partial charge in [0.05, 0.1) is 5.56 Å². The van der Waals surface area contributed by atoms with Gasteiger partial charge < -0.3 is 10.0 Å². The molecule has 4 nitrogen and oxygen atoms in total. The van der Waals surface area contributed by atoms with Crippen LogP contribution >= 0.6 is 11.3 Å². The fourth-order valence-electron chi connectivity index (χ4n) is 1.25. The van der Waals surface area contributed by atoms with Crippen LogP contribution in [0.25, 0.3) is 0 Å². The Morgan fingerprint density at radius 3 is 2.73 bits per heavy atom. The second kappa shape index (κ2) is 5.50. The Balaban J connectivity index is 2.71. The summed E-state index contributed by atoms with van der Waals surface area (Å²) in [6.45, 7) is 2.15. The number of carboxylic acids is 1. The van der Waals surface area contributed by atoms with E-state index in [9.17, 15) is 9.59 Å². The minimum atomic E-state index is -0.980. The Kier molecular flexibility index (Phi) is 4.30. The summed E-state index contributed by atoms with van der Waals surface area (Å²) < 4.78 is 0. The van der Waals surface area contributed by atoms with Crippen molar-refractivity contribution in [3.63, 3.8) is 0 Å². The number of carboxylic acid groups (broad SMARTS) is 1. The fraction of sp³-hybridized carbons (Fsp3) is 0.400. The van der Waals surface area contributed by atoms with Gasteiger partial charge in [0.25, 0.3) is 5.91 Å². The van der Waals surface area contributed by atoms with E-state index in [-0.39, 0.29) is 12.5 Å². The number of hydrogen-bond acceptors (Lipinski definition) is 3. The predicted molar refractivity (Wildman–Crippen MR) is 58.1 cm³/mol. The smallest absolute Gasteiger partial charge is 0.323 e. The first-order valence-electron chi connectivity index (χ1n) is 4.68. The Hall–Kier alpha value is -1.36. The van der Waals surface area contributed by atoms with Crippen LogP contribution in [0.4, 0.5) is 0 Å². The van der Waals surface area contributed by atoms with Gasteiger partial charge in [-0.1, -0.05) is 6.92 Å². The maximum Gasteiger partial charge on any atom is 0.323 e. The summed E-state index contributed by atoms with van der Waals surface area (Å²) in [5.41, 5.74) is 0.565. The lowest BCUT2D eigenvalue weighted by Crippen LogP contribution is -2.36. The second-order valence-corrected chi connectivity index (χ2v) is 3.91. The van der Waals surface area contributed by atoms with Gasteiger partial charge in [0.1, 0.15) is 6.54 Å². The Morgan fingerprint density at radius 2 is 2.27 bits per heavy atom. The second-order valence-electron chi connectivity index (χ2n) is 3.13.